The molecule has 13 heavy (non-hydrogen) atoms. The number of hydrogen-bond acceptors (Lipinski definition) is 3. The Labute approximate surface area is 79.4 Å². The molecule has 0 spiro atoms. The first-order valence-electron chi connectivity index (χ1n) is 4.59. The van der Waals surface area contributed by atoms with E-state index in [1.807, 2.05) is 6.92 Å². The van der Waals surface area contributed by atoms with Gasteiger partial charge in [0.1, 0.15) is 0 Å². The number of carbonyl (C=O) groups is 1. The van der Waals surface area contributed by atoms with Crippen molar-refractivity contribution in [2.24, 2.45) is 0 Å². The summed E-state index contributed by atoms with van der Waals surface area (Å²) in [6.45, 7) is 5.78. The predicted molar refractivity (Wildman–Crippen MR) is 51.3 cm³/mol. The SMILES string of the molecule is CCCOC(=O)C(C)=CCC(C)O. The van der Waals surface area contributed by atoms with E-state index in [1.54, 1.807) is 19.9 Å². The summed E-state index contributed by atoms with van der Waals surface area (Å²) < 4.78 is 4.90. The Hall–Kier alpha value is -0.830. The maximum absolute atomic E-state index is 11.1. The maximum Gasteiger partial charge on any atom is 0.333 e. The largest absolute Gasteiger partial charge is 0.462 e. The normalized spacial score (nSPS) is 14.0. The van der Waals surface area contributed by atoms with Crippen LogP contribution in [0.4, 0.5) is 0 Å². The van der Waals surface area contributed by atoms with Crippen LogP contribution in [0, 0.1) is 0 Å². The first kappa shape index (κ1) is 12.2. The minimum Gasteiger partial charge on any atom is -0.462 e. The molecule has 0 radical (unpaired) electrons. The van der Waals surface area contributed by atoms with Gasteiger partial charge in [-0.3, -0.25) is 0 Å². The number of aliphatic hydroxyl groups is 1. The molecule has 0 bridgehead atoms. The highest BCUT2D eigenvalue weighted by Crippen LogP contribution is 2.01. The van der Waals surface area contributed by atoms with E-state index in [9.17, 15) is 4.79 Å². The highest BCUT2D eigenvalue weighted by atomic mass is 16.5. The monoisotopic (exact) mass is 186 g/mol. The molecule has 0 saturated heterocycles. The zero-order valence-electron chi connectivity index (χ0n) is 8.54. The molecule has 0 amide bonds. The standard InChI is InChI=1S/C10H18O3/c1-4-7-13-10(12)8(2)5-6-9(3)11/h5,9,11H,4,6-7H2,1-3H3. The molecule has 0 aliphatic carbocycles. The van der Waals surface area contributed by atoms with Gasteiger partial charge in [-0.1, -0.05) is 13.0 Å². The molecule has 0 heterocycles. The van der Waals surface area contributed by atoms with Crippen molar-refractivity contribution >= 4 is 5.97 Å². The van der Waals surface area contributed by atoms with Gasteiger partial charge in [-0.15, -0.1) is 0 Å². The van der Waals surface area contributed by atoms with Crippen LogP contribution in [-0.4, -0.2) is 23.8 Å². The Morgan fingerprint density at radius 1 is 1.62 bits per heavy atom. The van der Waals surface area contributed by atoms with Gasteiger partial charge in [0.2, 0.25) is 0 Å². The van der Waals surface area contributed by atoms with Gasteiger partial charge in [0.25, 0.3) is 0 Å². The minimum absolute atomic E-state index is 0.289. The van der Waals surface area contributed by atoms with Gasteiger partial charge in [-0.25, -0.2) is 4.79 Å². The quantitative estimate of drug-likeness (QED) is 0.524. The van der Waals surface area contributed by atoms with Crippen LogP contribution in [0.1, 0.15) is 33.6 Å². The lowest BCUT2D eigenvalue weighted by atomic mass is 10.2. The fraction of sp³-hybridized carbons (Fsp3) is 0.700. The van der Waals surface area contributed by atoms with Gasteiger partial charge < -0.3 is 9.84 Å². The molecule has 0 aromatic rings. The van der Waals surface area contributed by atoms with Crippen molar-refractivity contribution in [2.75, 3.05) is 6.61 Å². The summed E-state index contributed by atoms with van der Waals surface area (Å²) in [5, 5.41) is 8.96. The molecule has 0 aliphatic rings. The Morgan fingerprint density at radius 3 is 2.69 bits per heavy atom. The number of rotatable bonds is 5. The Kier molecular flexibility index (Phi) is 6.24. The number of esters is 1. The number of hydrogen-bond donors (Lipinski definition) is 1. The molecule has 1 N–H and O–H groups in total. The van der Waals surface area contributed by atoms with E-state index in [0.717, 1.165) is 6.42 Å². The van der Waals surface area contributed by atoms with Gasteiger partial charge in [0, 0.05) is 5.57 Å². The van der Waals surface area contributed by atoms with E-state index < -0.39 is 6.10 Å². The number of aliphatic hydroxyl groups excluding tert-OH is 1. The molecule has 0 aromatic heterocycles. The van der Waals surface area contributed by atoms with Gasteiger partial charge >= 0.3 is 5.97 Å². The summed E-state index contributed by atoms with van der Waals surface area (Å²) in [6.07, 6.45) is 2.61. The number of carbonyl (C=O) groups excluding carboxylic acids is 1. The average Bonchev–Trinajstić information content (AvgIpc) is 2.10. The average molecular weight is 186 g/mol. The Morgan fingerprint density at radius 2 is 2.23 bits per heavy atom. The lowest BCUT2D eigenvalue weighted by Gasteiger charge is -2.03. The van der Waals surface area contributed by atoms with Crippen LogP contribution in [0.25, 0.3) is 0 Å². The van der Waals surface area contributed by atoms with E-state index in [-0.39, 0.29) is 5.97 Å². The van der Waals surface area contributed by atoms with Crippen molar-refractivity contribution in [1.29, 1.82) is 0 Å². The van der Waals surface area contributed by atoms with E-state index in [2.05, 4.69) is 0 Å². The molecule has 1 atom stereocenters. The van der Waals surface area contributed by atoms with Gasteiger partial charge in [-0.2, -0.15) is 0 Å². The van der Waals surface area contributed by atoms with Crippen molar-refractivity contribution in [3.8, 4) is 0 Å². The van der Waals surface area contributed by atoms with Crippen LogP contribution in [0.5, 0.6) is 0 Å². The zero-order valence-corrected chi connectivity index (χ0v) is 8.54. The van der Waals surface area contributed by atoms with Crippen LogP contribution >= 0.6 is 0 Å². The van der Waals surface area contributed by atoms with Gasteiger partial charge in [0.05, 0.1) is 12.7 Å². The smallest absolute Gasteiger partial charge is 0.333 e. The molecular formula is C10H18O3. The van der Waals surface area contributed by atoms with E-state index in [0.29, 0.717) is 18.6 Å². The van der Waals surface area contributed by atoms with Crippen molar-refractivity contribution < 1.29 is 14.6 Å². The van der Waals surface area contributed by atoms with Crippen molar-refractivity contribution in [1.82, 2.24) is 0 Å². The topological polar surface area (TPSA) is 46.5 Å². The zero-order chi connectivity index (χ0) is 10.3. The third kappa shape index (κ3) is 6.34. The van der Waals surface area contributed by atoms with E-state index in [4.69, 9.17) is 9.84 Å². The molecule has 0 aliphatic heterocycles. The maximum atomic E-state index is 11.1. The van der Waals surface area contributed by atoms with Crippen molar-refractivity contribution in [2.45, 2.75) is 39.7 Å². The lowest BCUT2D eigenvalue weighted by Crippen LogP contribution is -2.07. The summed E-state index contributed by atoms with van der Waals surface area (Å²) in [5.74, 6) is -0.289. The van der Waals surface area contributed by atoms with Crippen molar-refractivity contribution in [3.05, 3.63) is 11.6 Å². The van der Waals surface area contributed by atoms with E-state index in [1.165, 1.54) is 0 Å². The fourth-order valence-corrected chi connectivity index (χ4v) is 0.739. The van der Waals surface area contributed by atoms with Crippen LogP contribution in [0.2, 0.25) is 0 Å². The lowest BCUT2D eigenvalue weighted by molar-refractivity contribution is -0.139. The summed E-state index contributed by atoms with van der Waals surface area (Å²) in [5.41, 5.74) is 0.564. The molecule has 0 aromatic carbocycles. The third-order valence-corrected chi connectivity index (χ3v) is 1.52. The molecule has 76 valence electrons. The second-order valence-electron chi connectivity index (χ2n) is 3.11. The second kappa shape index (κ2) is 6.66. The van der Waals surface area contributed by atoms with Gasteiger partial charge in [-0.05, 0) is 26.7 Å². The van der Waals surface area contributed by atoms with Gasteiger partial charge in [0.15, 0.2) is 0 Å². The first-order chi connectivity index (χ1) is 6.07. The molecular weight excluding hydrogens is 168 g/mol. The van der Waals surface area contributed by atoms with Crippen LogP contribution in [0.15, 0.2) is 11.6 Å². The predicted octanol–water partition coefficient (Wildman–Crippen LogP) is 1.66. The number of ether oxygens (including phenoxy) is 1. The molecule has 3 heteroatoms. The van der Waals surface area contributed by atoms with E-state index >= 15 is 0 Å². The van der Waals surface area contributed by atoms with Crippen LogP contribution < -0.4 is 0 Å². The van der Waals surface area contributed by atoms with Crippen LogP contribution in [0.3, 0.4) is 0 Å². The highest BCUT2D eigenvalue weighted by Gasteiger charge is 2.04. The molecule has 0 rings (SSSR count). The Balaban J connectivity index is 3.86. The summed E-state index contributed by atoms with van der Waals surface area (Å²) >= 11 is 0. The fourth-order valence-electron chi connectivity index (χ4n) is 0.739. The molecule has 0 fully saturated rings. The molecule has 3 nitrogen and oxygen atoms in total. The summed E-state index contributed by atoms with van der Waals surface area (Å²) in [4.78, 5) is 11.1. The minimum atomic E-state index is -0.408. The summed E-state index contributed by atoms with van der Waals surface area (Å²) in [7, 11) is 0. The Bertz CT molecular complexity index is 183. The van der Waals surface area contributed by atoms with Crippen molar-refractivity contribution in [3.63, 3.8) is 0 Å². The molecule has 0 saturated carbocycles. The van der Waals surface area contributed by atoms with Crippen LogP contribution in [-0.2, 0) is 9.53 Å². The third-order valence-electron chi connectivity index (χ3n) is 1.52. The summed E-state index contributed by atoms with van der Waals surface area (Å²) in [6, 6.07) is 0. The highest BCUT2D eigenvalue weighted by molar-refractivity contribution is 5.87. The second-order valence-corrected chi connectivity index (χ2v) is 3.11. The molecule has 1 unspecified atom stereocenters. The first-order valence-corrected chi connectivity index (χ1v) is 4.59.